The zero-order valence-electron chi connectivity index (χ0n) is 15.0. The van der Waals surface area contributed by atoms with Crippen molar-refractivity contribution in [3.8, 4) is 5.75 Å². The van der Waals surface area contributed by atoms with Crippen molar-refractivity contribution in [2.75, 3.05) is 18.1 Å². The SMILES string of the molecule is Nc1ccc(OCCc2ccc(C=CC(=O)c3ccccc3)cc2)c(N)c1. The molecule has 0 atom stereocenters. The molecule has 0 radical (unpaired) electrons. The van der Waals surface area contributed by atoms with E-state index in [0.29, 0.717) is 29.3 Å². The molecule has 4 heteroatoms. The summed E-state index contributed by atoms with van der Waals surface area (Å²) in [7, 11) is 0. The predicted octanol–water partition coefficient (Wildman–Crippen LogP) is 4.37. The summed E-state index contributed by atoms with van der Waals surface area (Å²) in [6.45, 7) is 0.524. The van der Waals surface area contributed by atoms with E-state index < -0.39 is 0 Å². The van der Waals surface area contributed by atoms with E-state index in [4.69, 9.17) is 16.2 Å². The summed E-state index contributed by atoms with van der Waals surface area (Å²) in [6, 6.07) is 22.5. The van der Waals surface area contributed by atoms with Gasteiger partial charge in [-0.05, 0) is 35.4 Å². The topological polar surface area (TPSA) is 78.3 Å². The molecular weight excluding hydrogens is 336 g/mol. The number of ether oxygens (including phenoxy) is 1. The molecule has 3 aromatic carbocycles. The molecular formula is C23H22N2O2. The summed E-state index contributed by atoms with van der Waals surface area (Å²) < 4.78 is 5.71. The highest BCUT2D eigenvalue weighted by Crippen LogP contribution is 2.23. The zero-order chi connectivity index (χ0) is 19.1. The minimum Gasteiger partial charge on any atom is -0.491 e. The molecule has 0 amide bonds. The largest absolute Gasteiger partial charge is 0.491 e. The molecule has 0 fully saturated rings. The lowest BCUT2D eigenvalue weighted by Gasteiger charge is -2.09. The quantitative estimate of drug-likeness (QED) is 0.373. The Morgan fingerprint density at radius 3 is 2.37 bits per heavy atom. The summed E-state index contributed by atoms with van der Waals surface area (Å²) in [4.78, 5) is 12.1. The van der Waals surface area contributed by atoms with Crippen molar-refractivity contribution < 1.29 is 9.53 Å². The average molecular weight is 358 g/mol. The second-order valence-electron chi connectivity index (χ2n) is 6.20. The Hall–Kier alpha value is -3.53. The Kier molecular flexibility index (Phi) is 5.90. The smallest absolute Gasteiger partial charge is 0.185 e. The molecule has 27 heavy (non-hydrogen) atoms. The lowest BCUT2D eigenvalue weighted by molar-refractivity contribution is 0.104. The van der Waals surface area contributed by atoms with Gasteiger partial charge in [0.2, 0.25) is 0 Å². The monoisotopic (exact) mass is 358 g/mol. The Balaban J connectivity index is 1.52. The van der Waals surface area contributed by atoms with Crippen LogP contribution in [0.5, 0.6) is 5.75 Å². The van der Waals surface area contributed by atoms with Crippen molar-refractivity contribution in [3.05, 3.63) is 95.6 Å². The summed E-state index contributed by atoms with van der Waals surface area (Å²) in [5.41, 5.74) is 15.5. The summed E-state index contributed by atoms with van der Waals surface area (Å²) >= 11 is 0. The average Bonchev–Trinajstić information content (AvgIpc) is 2.69. The number of nitrogen functional groups attached to an aromatic ring is 2. The van der Waals surface area contributed by atoms with Crippen LogP contribution in [0.3, 0.4) is 0 Å². The van der Waals surface area contributed by atoms with Crippen LogP contribution < -0.4 is 16.2 Å². The lowest BCUT2D eigenvalue weighted by Crippen LogP contribution is -2.03. The van der Waals surface area contributed by atoms with Gasteiger partial charge in [-0.3, -0.25) is 4.79 Å². The van der Waals surface area contributed by atoms with Crippen LogP contribution in [0.4, 0.5) is 11.4 Å². The molecule has 4 N–H and O–H groups in total. The molecule has 0 spiro atoms. The Labute approximate surface area is 159 Å². The van der Waals surface area contributed by atoms with Gasteiger partial charge in [-0.2, -0.15) is 0 Å². The van der Waals surface area contributed by atoms with Crippen LogP contribution in [0.1, 0.15) is 21.5 Å². The van der Waals surface area contributed by atoms with Gasteiger partial charge in [0.15, 0.2) is 5.78 Å². The maximum Gasteiger partial charge on any atom is 0.185 e. The van der Waals surface area contributed by atoms with Crippen LogP contribution in [0, 0.1) is 0 Å². The lowest BCUT2D eigenvalue weighted by atomic mass is 10.1. The first-order valence-electron chi connectivity index (χ1n) is 8.76. The van der Waals surface area contributed by atoms with Crippen molar-refractivity contribution in [2.24, 2.45) is 0 Å². The van der Waals surface area contributed by atoms with Gasteiger partial charge in [0.1, 0.15) is 5.75 Å². The normalized spacial score (nSPS) is 10.8. The molecule has 3 aromatic rings. The molecule has 0 heterocycles. The molecule has 0 aromatic heterocycles. The van der Waals surface area contributed by atoms with Gasteiger partial charge in [-0.15, -0.1) is 0 Å². The molecule has 136 valence electrons. The van der Waals surface area contributed by atoms with Gasteiger partial charge in [0.25, 0.3) is 0 Å². The molecule has 3 rings (SSSR count). The van der Waals surface area contributed by atoms with Crippen LogP contribution in [-0.4, -0.2) is 12.4 Å². The standard InChI is InChI=1S/C23H22N2O2/c24-20-11-13-23(21(25)16-20)27-15-14-18-8-6-17(7-9-18)10-12-22(26)19-4-2-1-3-5-19/h1-13,16H,14-15,24-25H2. The third kappa shape index (κ3) is 5.22. The van der Waals surface area contributed by atoms with Crippen LogP contribution >= 0.6 is 0 Å². The number of anilines is 2. The van der Waals surface area contributed by atoms with E-state index in [9.17, 15) is 4.79 Å². The van der Waals surface area contributed by atoms with Crippen molar-refractivity contribution in [1.29, 1.82) is 0 Å². The van der Waals surface area contributed by atoms with E-state index >= 15 is 0 Å². The number of rotatable bonds is 7. The van der Waals surface area contributed by atoms with Gasteiger partial charge >= 0.3 is 0 Å². The maximum absolute atomic E-state index is 12.1. The Morgan fingerprint density at radius 2 is 1.67 bits per heavy atom. The van der Waals surface area contributed by atoms with E-state index in [1.54, 1.807) is 24.3 Å². The minimum absolute atomic E-state index is 0.00540. The molecule has 0 saturated heterocycles. The maximum atomic E-state index is 12.1. The molecule has 4 nitrogen and oxygen atoms in total. The van der Waals surface area contributed by atoms with Crippen LogP contribution in [0.2, 0.25) is 0 Å². The third-order valence-electron chi connectivity index (χ3n) is 4.15. The summed E-state index contributed by atoms with van der Waals surface area (Å²) in [6.07, 6.45) is 4.18. The van der Waals surface area contributed by atoms with E-state index in [-0.39, 0.29) is 5.78 Å². The van der Waals surface area contributed by atoms with E-state index in [1.807, 2.05) is 60.7 Å². The first kappa shape index (κ1) is 18.3. The van der Waals surface area contributed by atoms with E-state index in [2.05, 4.69) is 0 Å². The van der Waals surface area contributed by atoms with Gasteiger partial charge in [-0.1, -0.05) is 60.7 Å². The highest BCUT2D eigenvalue weighted by Gasteiger charge is 2.02. The fraction of sp³-hybridized carbons (Fsp3) is 0.0870. The number of hydrogen-bond donors (Lipinski definition) is 2. The predicted molar refractivity (Wildman–Crippen MR) is 111 cm³/mol. The van der Waals surface area contributed by atoms with E-state index in [1.165, 1.54) is 0 Å². The van der Waals surface area contributed by atoms with Crippen molar-refractivity contribution in [1.82, 2.24) is 0 Å². The second kappa shape index (κ2) is 8.72. The zero-order valence-corrected chi connectivity index (χ0v) is 15.0. The number of benzene rings is 3. The summed E-state index contributed by atoms with van der Waals surface area (Å²) in [5.74, 6) is 0.636. The number of allylic oxidation sites excluding steroid dienone is 1. The molecule has 0 aliphatic heterocycles. The molecule has 0 bridgehead atoms. The van der Waals surface area contributed by atoms with Gasteiger partial charge in [0.05, 0.1) is 12.3 Å². The fourth-order valence-electron chi connectivity index (χ4n) is 2.64. The van der Waals surface area contributed by atoms with Crippen LogP contribution in [0.25, 0.3) is 6.08 Å². The van der Waals surface area contributed by atoms with E-state index in [0.717, 1.165) is 17.5 Å². The Bertz CT molecular complexity index is 932. The molecule has 0 saturated carbocycles. The Morgan fingerprint density at radius 1 is 0.926 bits per heavy atom. The number of carbonyl (C=O) groups excluding carboxylic acids is 1. The van der Waals surface area contributed by atoms with Gasteiger partial charge < -0.3 is 16.2 Å². The molecule has 0 aliphatic rings. The minimum atomic E-state index is -0.00540. The molecule has 0 aliphatic carbocycles. The van der Waals surface area contributed by atoms with Gasteiger partial charge in [0, 0.05) is 17.7 Å². The van der Waals surface area contributed by atoms with Gasteiger partial charge in [-0.25, -0.2) is 0 Å². The van der Waals surface area contributed by atoms with Crippen molar-refractivity contribution >= 4 is 23.2 Å². The van der Waals surface area contributed by atoms with Crippen molar-refractivity contribution in [2.45, 2.75) is 6.42 Å². The first-order chi connectivity index (χ1) is 13.1. The number of nitrogens with two attached hydrogens (primary N) is 2. The van der Waals surface area contributed by atoms with Crippen molar-refractivity contribution in [3.63, 3.8) is 0 Å². The number of ketones is 1. The highest BCUT2D eigenvalue weighted by molar-refractivity contribution is 6.06. The first-order valence-corrected chi connectivity index (χ1v) is 8.76. The highest BCUT2D eigenvalue weighted by atomic mass is 16.5. The number of carbonyl (C=O) groups is 1. The fourth-order valence-corrected chi connectivity index (χ4v) is 2.64. The summed E-state index contributed by atoms with van der Waals surface area (Å²) in [5, 5.41) is 0. The second-order valence-corrected chi connectivity index (χ2v) is 6.20. The molecule has 0 unspecified atom stereocenters. The third-order valence-corrected chi connectivity index (χ3v) is 4.15. The number of hydrogen-bond acceptors (Lipinski definition) is 4. The van der Waals surface area contributed by atoms with Crippen LogP contribution in [0.15, 0.2) is 78.9 Å². The van der Waals surface area contributed by atoms with Crippen LogP contribution in [-0.2, 0) is 6.42 Å².